The number of sulfone groups is 1. The summed E-state index contributed by atoms with van der Waals surface area (Å²) in [5.41, 5.74) is 1.68. The molecule has 0 bridgehead atoms. The lowest BCUT2D eigenvalue weighted by atomic mass is 10.2. The highest BCUT2D eigenvalue weighted by molar-refractivity contribution is 9.10. The fraction of sp³-hybridized carbons (Fsp3) is 0.0455. The molecule has 0 unspecified atom stereocenters. The minimum atomic E-state index is -3.85. The number of nitrogens with one attached hydrogen (secondary N) is 1. The first-order valence-corrected chi connectivity index (χ1v) is 11.2. The van der Waals surface area contributed by atoms with E-state index in [2.05, 4.69) is 26.2 Å². The van der Waals surface area contributed by atoms with E-state index < -0.39 is 9.84 Å². The standard InChI is InChI=1S/C22H17BrN2O3S/c23-18-13-11-17(12-14-18)20-25-22(29(26,27)19-9-5-2-6-10-19)21(28-20)24-15-16-7-3-1-4-8-16/h1-14,24H,15H2. The van der Waals surface area contributed by atoms with E-state index in [9.17, 15) is 8.42 Å². The van der Waals surface area contributed by atoms with E-state index >= 15 is 0 Å². The maximum atomic E-state index is 13.2. The van der Waals surface area contributed by atoms with E-state index in [0.717, 1.165) is 10.0 Å². The van der Waals surface area contributed by atoms with Gasteiger partial charge in [-0.1, -0.05) is 64.5 Å². The number of hydrogen-bond donors (Lipinski definition) is 1. The van der Waals surface area contributed by atoms with Gasteiger partial charge in [0.2, 0.25) is 26.6 Å². The third-order valence-electron chi connectivity index (χ3n) is 4.29. The van der Waals surface area contributed by atoms with E-state index in [1.54, 1.807) is 30.3 Å². The molecule has 29 heavy (non-hydrogen) atoms. The van der Waals surface area contributed by atoms with Crippen molar-refractivity contribution in [2.45, 2.75) is 16.5 Å². The second kappa shape index (κ2) is 8.23. The molecule has 1 heterocycles. The van der Waals surface area contributed by atoms with E-state index in [-0.39, 0.29) is 21.7 Å². The first kappa shape index (κ1) is 19.4. The predicted octanol–water partition coefficient (Wildman–Crippen LogP) is 5.55. The topological polar surface area (TPSA) is 72.2 Å². The quantitative estimate of drug-likeness (QED) is 0.401. The van der Waals surface area contributed by atoms with Crippen molar-refractivity contribution in [1.82, 2.24) is 4.98 Å². The average molecular weight is 469 g/mol. The van der Waals surface area contributed by atoms with Crippen LogP contribution in [0.15, 0.2) is 104 Å². The summed E-state index contributed by atoms with van der Waals surface area (Å²) in [6.07, 6.45) is 0. The number of nitrogens with zero attached hydrogens (tertiary/aromatic N) is 1. The molecule has 0 spiro atoms. The number of oxazole rings is 1. The van der Waals surface area contributed by atoms with Gasteiger partial charge in [-0.05, 0) is 42.0 Å². The molecular formula is C22H17BrN2O3S. The summed E-state index contributed by atoms with van der Waals surface area (Å²) >= 11 is 3.39. The lowest BCUT2D eigenvalue weighted by Crippen LogP contribution is -2.07. The molecule has 0 saturated heterocycles. The molecule has 0 atom stereocenters. The third-order valence-corrected chi connectivity index (χ3v) is 6.50. The number of rotatable bonds is 6. The van der Waals surface area contributed by atoms with Crippen molar-refractivity contribution in [2.75, 3.05) is 5.32 Å². The van der Waals surface area contributed by atoms with Gasteiger partial charge in [0.1, 0.15) is 0 Å². The van der Waals surface area contributed by atoms with Crippen LogP contribution in [-0.4, -0.2) is 13.4 Å². The van der Waals surface area contributed by atoms with E-state index in [1.165, 1.54) is 0 Å². The molecule has 3 aromatic carbocycles. The van der Waals surface area contributed by atoms with Crippen LogP contribution >= 0.6 is 15.9 Å². The molecule has 0 amide bonds. The van der Waals surface area contributed by atoms with Gasteiger partial charge < -0.3 is 9.73 Å². The molecule has 0 fully saturated rings. The molecule has 7 heteroatoms. The second-order valence-electron chi connectivity index (χ2n) is 6.32. The van der Waals surface area contributed by atoms with Crippen molar-refractivity contribution >= 4 is 31.7 Å². The van der Waals surface area contributed by atoms with Crippen molar-refractivity contribution in [1.29, 1.82) is 0 Å². The normalized spacial score (nSPS) is 11.3. The molecule has 5 nitrogen and oxygen atoms in total. The Morgan fingerprint density at radius 3 is 2.14 bits per heavy atom. The number of halogens is 1. The number of aromatic nitrogens is 1. The van der Waals surface area contributed by atoms with Crippen molar-refractivity contribution in [3.63, 3.8) is 0 Å². The molecule has 1 N–H and O–H groups in total. The van der Waals surface area contributed by atoms with E-state index in [0.29, 0.717) is 12.1 Å². The number of benzene rings is 3. The van der Waals surface area contributed by atoms with Crippen LogP contribution in [0.3, 0.4) is 0 Å². The first-order chi connectivity index (χ1) is 14.0. The van der Waals surface area contributed by atoms with Gasteiger partial charge in [0.05, 0.1) is 4.90 Å². The van der Waals surface area contributed by atoms with Gasteiger partial charge >= 0.3 is 0 Å². The summed E-state index contributed by atoms with van der Waals surface area (Å²) in [6.45, 7) is 0.410. The molecule has 1 aromatic heterocycles. The zero-order chi connectivity index (χ0) is 20.3. The zero-order valence-corrected chi connectivity index (χ0v) is 17.7. The second-order valence-corrected chi connectivity index (χ2v) is 9.10. The SMILES string of the molecule is O=S(=O)(c1ccccc1)c1nc(-c2ccc(Br)cc2)oc1NCc1ccccc1. The fourth-order valence-corrected chi connectivity index (χ4v) is 4.37. The van der Waals surface area contributed by atoms with Crippen LogP contribution < -0.4 is 5.32 Å². The Hall–Kier alpha value is -2.90. The van der Waals surface area contributed by atoms with Gasteiger partial charge in [-0.2, -0.15) is 4.98 Å². The summed E-state index contributed by atoms with van der Waals surface area (Å²) in [4.78, 5) is 4.50. The van der Waals surface area contributed by atoms with Crippen molar-refractivity contribution in [3.05, 3.63) is 95.0 Å². The Labute approximate surface area is 177 Å². The maximum absolute atomic E-state index is 13.2. The third kappa shape index (κ3) is 4.26. The van der Waals surface area contributed by atoms with E-state index in [1.807, 2.05) is 54.6 Å². The van der Waals surface area contributed by atoms with Gasteiger partial charge in [0.15, 0.2) is 0 Å². The molecule has 0 aliphatic rings. The van der Waals surface area contributed by atoms with Crippen molar-refractivity contribution in [2.24, 2.45) is 0 Å². The van der Waals surface area contributed by atoms with Gasteiger partial charge in [0, 0.05) is 16.6 Å². The predicted molar refractivity (Wildman–Crippen MR) is 115 cm³/mol. The summed E-state index contributed by atoms with van der Waals surface area (Å²) in [6, 6.07) is 25.2. The Morgan fingerprint density at radius 1 is 0.862 bits per heavy atom. The first-order valence-electron chi connectivity index (χ1n) is 8.89. The highest BCUT2D eigenvalue weighted by Gasteiger charge is 2.28. The fourth-order valence-electron chi connectivity index (χ4n) is 2.81. The molecular weight excluding hydrogens is 452 g/mol. The van der Waals surface area contributed by atoms with Gasteiger partial charge in [-0.3, -0.25) is 0 Å². The number of hydrogen-bond acceptors (Lipinski definition) is 5. The Kier molecular flexibility index (Phi) is 5.51. The zero-order valence-electron chi connectivity index (χ0n) is 15.2. The minimum absolute atomic E-state index is 0.121. The van der Waals surface area contributed by atoms with Gasteiger partial charge in [-0.25, -0.2) is 8.42 Å². The monoisotopic (exact) mass is 468 g/mol. The molecule has 4 aromatic rings. The van der Waals surface area contributed by atoms with Crippen LogP contribution in [-0.2, 0) is 16.4 Å². The van der Waals surface area contributed by atoms with Gasteiger partial charge in [-0.15, -0.1) is 0 Å². The van der Waals surface area contributed by atoms with Gasteiger partial charge in [0.25, 0.3) is 0 Å². The van der Waals surface area contributed by atoms with Crippen LogP contribution in [0.2, 0.25) is 0 Å². The molecule has 0 aliphatic carbocycles. The van der Waals surface area contributed by atoms with Crippen LogP contribution in [0.4, 0.5) is 5.88 Å². The number of anilines is 1. The van der Waals surface area contributed by atoms with Crippen LogP contribution in [0, 0.1) is 0 Å². The molecule has 0 radical (unpaired) electrons. The van der Waals surface area contributed by atoms with Crippen molar-refractivity contribution in [3.8, 4) is 11.5 Å². The summed E-state index contributed by atoms with van der Waals surface area (Å²) in [5, 5.41) is 2.96. The average Bonchev–Trinajstić information content (AvgIpc) is 3.19. The molecule has 0 saturated carbocycles. The largest absolute Gasteiger partial charge is 0.419 e. The molecule has 0 aliphatic heterocycles. The van der Waals surface area contributed by atoms with Crippen LogP contribution in [0.25, 0.3) is 11.5 Å². The smallest absolute Gasteiger partial charge is 0.234 e. The summed E-state index contributed by atoms with van der Waals surface area (Å²) in [5.74, 6) is 0.359. The Balaban J connectivity index is 1.76. The highest BCUT2D eigenvalue weighted by Crippen LogP contribution is 2.33. The molecule has 4 rings (SSSR count). The molecule has 146 valence electrons. The Morgan fingerprint density at radius 2 is 1.48 bits per heavy atom. The summed E-state index contributed by atoms with van der Waals surface area (Å²) in [7, 11) is -3.85. The summed E-state index contributed by atoms with van der Waals surface area (Å²) < 4.78 is 33.2. The highest BCUT2D eigenvalue weighted by atomic mass is 79.9. The van der Waals surface area contributed by atoms with Crippen LogP contribution in [0.1, 0.15) is 5.56 Å². The van der Waals surface area contributed by atoms with E-state index in [4.69, 9.17) is 4.42 Å². The lowest BCUT2D eigenvalue weighted by Gasteiger charge is -2.06. The minimum Gasteiger partial charge on any atom is -0.419 e. The van der Waals surface area contributed by atoms with Crippen molar-refractivity contribution < 1.29 is 12.8 Å². The Bertz CT molecular complexity index is 1210. The maximum Gasteiger partial charge on any atom is 0.234 e. The van der Waals surface area contributed by atoms with Crippen LogP contribution in [0.5, 0.6) is 0 Å². The lowest BCUT2D eigenvalue weighted by molar-refractivity contribution is 0.576.